The van der Waals surface area contributed by atoms with E-state index in [4.69, 9.17) is 0 Å². The standard InChI is InChI=1S/C13H14N2O4S2/c1-2-14(10-12-4-3-9-20-12)21(18,19)13-7-5-11(6-8-13)15(16)17/h3-9H,2,10H2,1H3. The second-order valence-corrected chi connectivity index (χ2v) is 7.23. The van der Waals surface area contributed by atoms with Gasteiger partial charge in [-0.15, -0.1) is 11.3 Å². The predicted octanol–water partition coefficient (Wildman–Crippen LogP) is 2.87. The third-order valence-electron chi connectivity index (χ3n) is 2.95. The van der Waals surface area contributed by atoms with E-state index >= 15 is 0 Å². The van der Waals surface area contributed by atoms with Crippen LogP contribution in [-0.4, -0.2) is 24.2 Å². The van der Waals surface area contributed by atoms with Gasteiger partial charge in [0.05, 0.1) is 9.82 Å². The summed E-state index contributed by atoms with van der Waals surface area (Å²) in [5.74, 6) is 0. The van der Waals surface area contributed by atoms with Crippen LogP contribution in [0, 0.1) is 10.1 Å². The number of hydrogen-bond acceptors (Lipinski definition) is 5. The number of thiophene rings is 1. The van der Waals surface area contributed by atoms with Crippen LogP contribution in [0.5, 0.6) is 0 Å². The lowest BCUT2D eigenvalue weighted by molar-refractivity contribution is -0.384. The second kappa shape index (κ2) is 6.33. The van der Waals surface area contributed by atoms with Crippen LogP contribution in [0.3, 0.4) is 0 Å². The minimum absolute atomic E-state index is 0.0616. The summed E-state index contributed by atoms with van der Waals surface area (Å²) in [6.07, 6.45) is 0. The molecule has 0 bridgehead atoms. The molecule has 21 heavy (non-hydrogen) atoms. The third-order valence-corrected chi connectivity index (χ3v) is 5.75. The molecule has 0 aliphatic heterocycles. The largest absolute Gasteiger partial charge is 0.269 e. The molecule has 1 heterocycles. The molecule has 1 aromatic heterocycles. The van der Waals surface area contributed by atoms with Crippen molar-refractivity contribution in [3.05, 3.63) is 56.8 Å². The van der Waals surface area contributed by atoms with Crippen molar-refractivity contribution in [1.82, 2.24) is 4.31 Å². The van der Waals surface area contributed by atoms with Gasteiger partial charge in [-0.3, -0.25) is 10.1 Å². The highest BCUT2D eigenvalue weighted by molar-refractivity contribution is 7.89. The van der Waals surface area contributed by atoms with Crippen LogP contribution >= 0.6 is 11.3 Å². The molecule has 8 heteroatoms. The van der Waals surface area contributed by atoms with Crippen LogP contribution in [-0.2, 0) is 16.6 Å². The molecule has 0 unspecified atom stereocenters. The lowest BCUT2D eigenvalue weighted by Gasteiger charge is -2.19. The SMILES string of the molecule is CCN(Cc1cccs1)S(=O)(=O)c1ccc([N+](=O)[O-])cc1. The Kier molecular flexibility index (Phi) is 4.71. The van der Waals surface area contributed by atoms with E-state index in [1.165, 1.54) is 39.9 Å². The van der Waals surface area contributed by atoms with E-state index in [-0.39, 0.29) is 10.6 Å². The molecule has 2 rings (SSSR count). The summed E-state index contributed by atoms with van der Waals surface area (Å²) in [6.45, 7) is 2.39. The van der Waals surface area contributed by atoms with E-state index in [0.29, 0.717) is 13.1 Å². The van der Waals surface area contributed by atoms with E-state index in [0.717, 1.165) is 4.88 Å². The van der Waals surface area contributed by atoms with Gasteiger partial charge in [0, 0.05) is 30.1 Å². The third kappa shape index (κ3) is 3.46. The number of benzene rings is 1. The van der Waals surface area contributed by atoms with Gasteiger partial charge in [-0.1, -0.05) is 13.0 Å². The fourth-order valence-corrected chi connectivity index (χ4v) is 4.06. The number of nitrogens with zero attached hydrogens (tertiary/aromatic N) is 2. The minimum Gasteiger partial charge on any atom is -0.258 e. The first-order valence-electron chi connectivity index (χ1n) is 6.22. The van der Waals surface area contributed by atoms with Gasteiger partial charge >= 0.3 is 0 Å². The predicted molar refractivity (Wildman–Crippen MR) is 80.7 cm³/mol. The van der Waals surface area contributed by atoms with Gasteiger partial charge in [0.1, 0.15) is 0 Å². The van der Waals surface area contributed by atoms with Crippen LogP contribution in [0.1, 0.15) is 11.8 Å². The molecule has 0 amide bonds. The van der Waals surface area contributed by atoms with E-state index in [1.54, 1.807) is 6.92 Å². The van der Waals surface area contributed by atoms with Crippen LogP contribution < -0.4 is 0 Å². The van der Waals surface area contributed by atoms with Crippen molar-refractivity contribution in [2.45, 2.75) is 18.4 Å². The van der Waals surface area contributed by atoms with Gasteiger partial charge in [0.25, 0.3) is 5.69 Å². The maximum absolute atomic E-state index is 12.5. The average Bonchev–Trinajstić information content (AvgIpc) is 2.97. The molecule has 0 radical (unpaired) electrons. The van der Waals surface area contributed by atoms with Crippen molar-refractivity contribution in [1.29, 1.82) is 0 Å². The molecular formula is C13H14N2O4S2. The minimum atomic E-state index is -3.65. The number of nitro groups is 1. The summed E-state index contributed by atoms with van der Waals surface area (Å²) in [5.41, 5.74) is -0.129. The molecule has 1 aromatic carbocycles. The summed E-state index contributed by atoms with van der Waals surface area (Å²) in [7, 11) is -3.65. The zero-order valence-corrected chi connectivity index (χ0v) is 12.9. The number of sulfonamides is 1. The van der Waals surface area contributed by atoms with Gasteiger partial charge in [-0.05, 0) is 23.6 Å². The smallest absolute Gasteiger partial charge is 0.258 e. The van der Waals surface area contributed by atoms with Gasteiger partial charge in [-0.2, -0.15) is 4.31 Å². The highest BCUT2D eigenvalue weighted by Gasteiger charge is 2.24. The molecule has 0 fully saturated rings. The second-order valence-electron chi connectivity index (χ2n) is 4.26. The van der Waals surface area contributed by atoms with Gasteiger partial charge < -0.3 is 0 Å². The van der Waals surface area contributed by atoms with E-state index in [1.807, 2.05) is 17.5 Å². The Labute approximate surface area is 126 Å². The van der Waals surface area contributed by atoms with E-state index in [9.17, 15) is 18.5 Å². The van der Waals surface area contributed by atoms with Crippen molar-refractivity contribution >= 4 is 27.0 Å². The first kappa shape index (κ1) is 15.6. The quantitative estimate of drug-likeness (QED) is 0.604. The Morgan fingerprint density at radius 1 is 1.24 bits per heavy atom. The Balaban J connectivity index is 2.28. The highest BCUT2D eigenvalue weighted by Crippen LogP contribution is 2.22. The fourth-order valence-electron chi connectivity index (χ4n) is 1.83. The molecular weight excluding hydrogens is 312 g/mol. The molecule has 0 aliphatic rings. The zero-order valence-electron chi connectivity index (χ0n) is 11.3. The molecule has 0 spiro atoms. The number of non-ortho nitro benzene ring substituents is 1. The Morgan fingerprint density at radius 3 is 2.38 bits per heavy atom. The number of rotatable bonds is 6. The lowest BCUT2D eigenvalue weighted by Crippen LogP contribution is -2.30. The Bertz CT molecular complexity index is 709. The van der Waals surface area contributed by atoms with Gasteiger partial charge in [0.2, 0.25) is 10.0 Å². The molecule has 0 N–H and O–H groups in total. The van der Waals surface area contributed by atoms with Crippen LogP contribution in [0.4, 0.5) is 5.69 Å². The van der Waals surface area contributed by atoms with Crippen molar-refractivity contribution in [3.8, 4) is 0 Å². The molecule has 0 aliphatic carbocycles. The van der Waals surface area contributed by atoms with Crippen molar-refractivity contribution in [2.75, 3.05) is 6.54 Å². The summed E-state index contributed by atoms with van der Waals surface area (Å²) in [4.78, 5) is 11.1. The first-order valence-corrected chi connectivity index (χ1v) is 8.54. The maximum Gasteiger partial charge on any atom is 0.269 e. The lowest BCUT2D eigenvalue weighted by atomic mass is 10.3. The normalized spacial score (nSPS) is 11.7. The Hall–Kier alpha value is -1.77. The fraction of sp³-hybridized carbons (Fsp3) is 0.231. The number of hydrogen-bond donors (Lipinski definition) is 0. The van der Waals surface area contributed by atoms with Crippen LogP contribution in [0.15, 0.2) is 46.7 Å². The maximum atomic E-state index is 12.5. The molecule has 0 saturated carbocycles. The van der Waals surface area contributed by atoms with Crippen LogP contribution in [0.2, 0.25) is 0 Å². The first-order chi connectivity index (χ1) is 9.95. The van der Waals surface area contributed by atoms with Crippen molar-refractivity contribution in [3.63, 3.8) is 0 Å². The van der Waals surface area contributed by atoms with Gasteiger partial charge in [-0.25, -0.2) is 8.42 Å². The topological polar surface area (TPSA) is 80.5 Å². The van der Waals surface area contributed by atoms with Gasteiger partial charge in [0.15, 0.2) is 0 Å². The monoisotopic (exact) mass is 326 g/mol. The number of nitro benzene ring substituents is 1. The van der Waals surface area contributed by atoms with Crippen molar-refractivity contribution in [2.24, 2.45) is 0 Å². The molecule has 6 nitrogen and oxygen atoms in total. The Morgan fingerprint density at radius 2 is 1.90 bits per heavy atom. The summed E-state index contributed by atoms with van der Waals surface area (Å²) < 4.78 is 26.4. The molecule has 112 valence electrons. The van der Waals surface area contributed by atoms with Crippen LogP contribution in [0.25, 0.3) is 0 Å². The van der Waals surface area contributed by atoms with E-state index < -0.39 is 14.9 Å². The zero-order chi connectivity index (χ0) is 15.5. The van der Waals surface area contributed by atoms with Crippen molar-refractivity contribution < 1.29 is 13.3 Å². The summed E-state index contributed by atoms with van der Waals surface area (Å²) in [5, 5.41) is 12.5. The molecule has 0 atom stereocenters. The summed E-state index contributed by atoms with van der Waals surface area (Å²) >= 11 is 1.49. The highest BCUT2D eigenvalue weighted by atomic mass is 32.2. The van der Waals surface area contributed by atoms with E-state index in [2.05, 4.69) is 0 Å². The molecule has 2 aromatic rings. The molecule has 0 saturated heterocycles. The average molecular weight is 326 g/mol. The summed E-state index contributed by atoms with van der Waals surface area (Å²) in [6, 6.07) is 8.68.